The highest BCUT2D eigenvalue weighted by molar-refractivity contribution is 5.93. The number of benzene rings is 2. The van der Waals surface area contributed by atoms with Crippen LogP contribution >= 0.6 is 0 Å². The van der Waals surface area contributed by atoms with Crippen molar-refractivity contribution >= 4 is 16.9 Å². The molecule has 0 unspecified atom stereocenters. The Hall–Kier alpha value is -2.55. The van der Waals surface area contributed by atoms with Crippen LogP contribution in [-0.2, 0) is 16.1 Å². The number of hydrogen-bond donors (Lipinski definition) is 0. The molecule has 1 aliphatic carbocycles. The Balaban J connectivity index is 1.90. The average Bonchev–Trinajstić information content (AvgIpc) is 3.02. The molecule has 0 radical (unpaired) electrons. The number of hydrogen-bond acceptors (Lipinski definition) is 2. The highest BCUT2D eigenvalue weighted by Gasteiger charge is 2.27. The first-order valence-electron chi connectivity index (χ1n) is 10.8. The van der Waals surface area contributed by atoms with Gasteiger partial charge in [0.05, 0.1) is 5.69 Å². The molecule has 0 spiro atoms. The number of fused-ring (bicyclic) bond motifs is 1. The van der Waals surface area contributed by atoms with E-state index in [1.54, 1.807) is 0 Å². The normalized spacial score (nSPS) is 15.6. The molecule has 1 aliphatic rings. The van der Waals surface area contributed by atoms with Crippen LogP contribution in [-0.4, -0.2) is 16.1 Å². The van der Waals surface area contributed by atoms with Crippen molar-refractivity contribution in [2.24, 2.45) is 0 Å². The van der Waals surface area contributed by atoms with Crippen LogP contribution in [0.3, 0.4) is 0 Å². The summed E-state index contributed by atoms with van der Waals surface area (Å²) in [5.41, 5.74) is 4.41. The van der Waals surface area contributed by atoms with Gasteiger partial charge >= 0.3 is 5.97 Å². The number of carbonyl (C=O) groups excluding carboxylic acids is 1. The molecule has 0 aliphatic heterocycles. The predicted molar refractivity (Wildman–Crippen MR) is 119 cm³/mol. The van der Waals surface area contributed by atoms with E-state index in [0.717, 1.165) is 5.52 Å². The quantitative estimate of drug-likeness (QED) is 0.465. The molecule has 1 heterocycles. The summed E-state index contributed by atoms with van der Waals surface area (Å²) >= 11 is 0. The number of nitrogens with zero attached hydrogens (tertiary/aromatic N) is 1. The summed E-state index contributed by atoms with van der Waals surface area (Å²) in [5, 5.41) is 1.28. The summed E-state index contributed by atoms with van der Waals surface area (Å²) < 4.78 is 7.86. The van der Waals surface area contributed by atoms with Crippen molar-refractivity contribution in [1.29, 1.82) is 0 Å². The first-order chi connectivity index (χ1) is 13.9. The van der Waals surface area contributed by atoms with Crippen LogP contribution in [0, 0.1) is 0 Å². The Kier molecular flexibility index (Phi) is 5.49. The van der Waals surface area contributed by atoms with Gasteiger partial charge in [0.2, 0.25) is 0 Å². The van der Waals surface area contributed by atoms with Gasteiger partial charge in [0, 0.05) is 10.9 Å². The smallest absolute Gasteiger partial charge is 0.326 e. The van der Waals surface area contributed by atoms with Crippen molar-refractivity contribution in [3.63, 3.8) is 0 Å². The van der Waals surface area contributed by atoms with E-state index in [2.05, 4.69) is 53.1 Å². The third-order valence-corrected chi connectivity index (χ3v) is 5.78. The maximum atomic E-state index is 12.8. The Morgan fingerprint density at radius 3 is 2.31 bits per heavy atom. The third-order valence-electron chi connectivity index (χ3n) is 5.78. The van der Waals surface area contributed by atoms with Gasteiger partial charge in [-0.1, -0.05) is 67.8 Å². The molecule has 0 saturated heterocycles. The molecule has 2 aromatic carbocycles. The minimum absolute atomic E-state index is 0.189. The highest BCUT2D eigenvalue weighted by Crippen LogP contribution is 2.44. The Labute approximate surface area is 173 Å². The molecule has 0 amide bonds. The average molecular weight is 390 g/mol. The maximum Gasteiger partial charge on any atom is 0.326 e. The summed E-state index contributed by atoms with van der Waals surface area (Å²) in [4.78, 5) is 12.8. The van der Waals surface area contributed by atoms with Crippen molar-refractivity contribution in [3.05, 3.63) is 60.2 Å². The minimum atomic E-state index is -0.487. The fourth-order valence-electron chi connectivity index (χ4n) is 4.71. The van der Waals surface area contributed by atoms with Gasteiger partial charge in [-0.15, -0.1) is 0 Å². The van der Waals surface area contributed by atoms with Crippen molar-refractivity contribution in [1.82, 2.24) is 4.57 Å². The van der Waals surface area contributed by atoms with Crippen molar-refractivity contribution in [3.8, 4) is 11.3 Å². The fourth-order valence-corrected chi connectivity index (χ4v) is 4.71. The molecule has 1 fully saturated rings. The molecule has 0 N–H and O–H groups in total. The van der Waals surface area contributed by atoms with Crippen molar-refractivity contribution < 1.29 is 9.53 Å². The summed E-state index contributed by atoms with van der Waals surface area (Å²) in [6, 6.07) is 19.1. The van der Waals surface area contributed by atoms with Crippen LogP contribution in [0.15, 0.2) is 54.6 Å². The first-order valence-corrected chi connectivity index (χ1v) is 10.8. The number of para-hydroxylation sites is 1. The van der Waals surface area contributed by atoms with Gasteiger partial charge in [-0.25, -0.2) is 0 Å². The monoisotopic (exact) mass is 389 g/mol. The predicted octanol–water partition coefficient (Wildman–Crippen LogP) is 6.70. The van der Waals surface area contributed by atoms with Crippen LogP contribution in [0.5, 0.6) is 0 Å². The molecule has 3 aromatic rings. The van der Waals surface area contributed by atoms with Gasteiger partial charge < -0.3 is 9.30 Å². The highest BCUT2D eigenvalue weighted by atomic mass is 16.6. The molecule has 0 bridgehead atoms. The van der Waals surface area contributed by atoms with E-state index >= 15 is 0 Å². The molecule has 3 nitrogen and oxygen atoms in total. The lowest BCUT2D eigenvalue weighted by Crippen LogP contribution is -2.26. The topological polar surface area (TPSA) is 31.2 Å². The van der Waals surface area contributed by atoms with Gasteiger partial charge in [0.1, 0.15) is 12.1 Å². The van der Waals surface area contributed by atoms with Crippen molar-refractivity contribution in [2.75, 3.05) is 0 Å². The first kappa shape index (κ1) is 19.8. The summed E-state index contributed by atoms with van der Waals surface area (Å²) in [7, 11) is 0. The Morgan fingerprint density at radius 1 is 0.966 bits per heavy atom. The van der Waals surface area contributed by atoms with E-state index in [0.29, 0.717) is 5.92 Å². The van der Waals surface area contributed by atoms with Gasteiger partial charge in [0.25, 0.3) is 0 Å². The van der Waals surface area contributed by atoms with Gasteiger partial charge in [0.15, 0.2) is 0 Å². The van der Waals surface area contributed by atoms with Crippen LogP contribution < -0.4 is 0 Å². The zero-order valence-corrected chi connectivity index (χ0v) is 17.8. The second-order valence-corrected chi connectivity index (χ2v) is 9.15. The number of carbonyl (C=O) groups is 1. The van der Waals surface area contributed by atoms with Gasteiger partial charge in [-0.05, 0) is 56.7 Å². The largest absolute Gasteiger partial charge is 0.459 e. The number of aromatic nitrogens is 1. The van der Waals surface area contributed by atoms with Crippen LogP contribution in [0.4, 0.5) is 0 Å². The Morgan fingerprint density at radius 2 is 1.62 bits per heavy atom. The molecule has 29 heavy (non-hydrogen) atoms. The van der Waals surface area contributed by atoms with Crippen molar-refractivity contribution in [2.45, 2.75) is 70.9 Å². The lowest BCUT2D eigenvalue weighted by Gasteiger charge is -2.24. The molecule has 152 valence electrons. The SMILES string of the molecule is CC(C)(C)OC(=O)Cn1c(-c2ccccc2)c(C2CCCCC2)c2ccccc21. The van der Waals surface area contributed by atoms with E-state index in [9.17, 15) is 4.79 Å². The molecule has 4 rings (SSSR count). The minimum Gasteiger partial charge on any atom is -0.459 e. The molecule has 1 aromatic heterocycles. The summed E-state index contributed by atoms with van der Waals surface area (Å²) in [6.45, 7) is 5.99. The zero-order chi connectivity index (χ0) is 20.4. The van der Waals surface area contributed by atoms with E-state index in [1.165, 1.54) is 54.3 Å². The molecule has 3 heteroatoms. The fraction of sp³-hybridized carbons (Fsp3) is 0.423. The van der Waals surface area contributed by atoms with Crippen LogP contribution in [0.1, 0.15) is 64.4 Å². The molecular formula is C26H31NO2. The molecular weight excluding hydrogens is 358 g/mol. The van der Waals surface area contributed by atoms with Crippen LogP contribution in [0.2, 0.25) is 0 Å². The van der Waals surface area contributed by atoms with E-state index < -0.39 is 5.60 Å². The second kappa shape index (κ2) is 8.06. The van der Waals surface area contributed by atoms with E-state index in [4.69, 9.17) is 4.74 Å². The maximum absolute atomic E-state index is 12.8. The van der Waals surface area contributed by atoms with Crippen LogP contribution in [0.25, 0.3) is 22.2 Å². The Bertz CT molecular complexity index is 989. The number of esters is 1. The van der Waals surface area contributed by atoms with Gasteiger partial charge in [-0.2, -0.15) is 0 Å². The summed E-state index contributed by atoms with van der Waals surface area (Å²) in [5.74, 6) is 0.356. The second-order valence-electron chi connectivity index (χ2n) is 9.15. The zero-order valence-electron chi connectivity index (χ0n) is 17.8. The summed E-state index contributed by atoms with van der Waals surface area (Å²) in [6.07, 6.45) is 6.34. The van der Waals surface area contributed by atoms with Gasteiger partial charge in [-0.3, -0.25) is 4.79 Å². The molecule has 1 saturated carbocycles. The van der Waals surface area contributed by atoms with E-state index in [-0.39, 0.29) is 12.5 Å². The standard InChI is InChI=1S/C26H31NO2/c1-26(2,3)29-23(28)18-27-22-17-11-10-16-21(22)24(19-12-6-4-7-13-19)25(27)20-14-8-5-9-15-20/h5,8-11,14-17,19H,4,6-7,12-13,18H2,1-3H3. The van der Waals surface area contributed by atoms with E-state index in [1.807, 2.05) is 26.8 Å². The lowest BCUT2D eigenvalue weighted by molar-refractivity contribution is -0.155. The lowest BCUT2D eigenvalue weighted by atomic mass is 9.82. The third kappa shape index (κ3) is 4.24. The number of ether oxygens (including phenoxy) is 1. The number of rotatable bonds is 4. The molecule has 0 atom stereocenters.